The lowest BCUT2D eigenvalue weighted by atomic mass is 10.1. The van der Waals surface area contributed by atoms with Crippen molar-refractivity contribution in [1.82, 2.24) is 5.32 Å². The third-order valence-corrected chi connectivity index (χ3v) is 4.44. The van der Waals surface area contributed by atoms with Crippen LogP contribution in [-0.4, -0.2) is 25.4 Å². The number of hydrogen-bond donors (Lipinski definition) is 1. The van der Waals surface area contributed by atoms with E-state index in [1.807, 2.05) is 29.3 Å². The number of fused-ring (bicyclic) bond motifs is 1. The maximum Gasteiger partial charge on any atom is 0.260 e. The van der Waals surface area contributed by atoms with Crippen LogP contribution in [0.5, 0.6) is 5.75 Å². The number of benzene rings is 3. The van der Waals surface area contributed by atoms with Crippen molar-refractivity contribution in [1.29, 1.82) is 0 Å². The van der Waals surface area contributed by atoms with Gasteiger partial charge in [-0.3, -0.25) is 9.80 Å². The molecule has 0 aromatic heterocycles. The summed E-state index contributed by atoms with van der Waals surface area (Å²) in [4.78, 5) is 12.5. The first-order valence-corrected chi connectivity index (χ1v) is 8.53. The van der Waals surface area contributed by atoms with E-state index in [1.165, 1.54) is 10.8 Å². The molecule has 0 saturated carbocycles. The van der Waals surface area contributed by atoms with Crippen molar-refractivity contribution in [2.24, 2.45) is 5.10 Å². The number of para-hydroxylation sites is 1. The van der Waals surface area contributed by atoms with Gasteiger partial charge < -0.3 is 10.1 Å². The summed E-state index contributed by atoms with van der Waals surface area (Å²) in [5.41, 5.74) is 1.52. The second-order valence-corrected chi connectivity index (χ2v) is 6.11. The first-order chi connectivity index (χ1) is 12.7. The van der Waals surface area contributed by atoms with Gasteiger partial charge in [0.25, 0.3) is 5.91 Å². The van der Waals surface area contributed by atoms with Gasteiger partial charge in [0.15, 0.2) is 0 Å². The molecule has 0 spiro atoms. The van der Waals surface area contributed by atoms with E-state index >= 15 is 0 Å². The summed E-state index contributed by atoms with van der Waals surface area (Å²) in [5, 5.41) is 11.8. The summed E-state index contributed by atoms with van der Waals surface area (Å²) in [6, 6.07) is 21.7. The van der Waals surface area contributed by atoms with Crippen LogP contribution in [0, 0.1) is 0 Å². The van der Waals surface area contributed by atoms with Crippen molar-refractivity contribution >= 4 is 28.2 Å². The molecule has 0 unspecified atom stereocenters. The molecule has 1 amide bonds. The Labute approximate surface area is 151 Å². The normalized spacial score (nSPS) is 13.6. The van der Waals surface area contributed by atoms with Crippen LogP contribution >= 0.6 is 0 Å². The van der Waals surface area contributed by atoms with Crippen LogP contribution < -0.4 is 15.1 Å². The van der Waals surface area contributed by atoms with Gasteiger partial charge in [0, 0.05) is 13.0 Å². The van der Waals surface area contributed by atoms with E-state index in [0.29, 0.717) is 23.6 Å². The van der Waals surface area contributed by atoms with E-state index in [-0.39, 0.29) is 5.91 Å². The van der Waals surface area contributed by atoms with Crippen LogP contribution in [0.1, 0.15) is 16.8 Å². The minimum absolute atomic E-state index is 0.207. The van der Waals surface area contributed by atoms with Gasteiger partial charge >= 0.3 is 0 Å². The number of hydrazone groups is 1. The molecule has 3 aromatic rings. The van der Waals surface area contributed by atoms with Gasteiger partial charge in [-0.25, -0.2) is 0 Å². The SMILES string of the molecule is COc1ccccc1C(=O)NC1=NN(c2ccc3ccccc3c2)CC1. The van der Waals surface area contributed by atoms with E-state index < -0.39 is 0 Å². The second kappa shape index (κ2) is 6.88. The van der Waals surface area contributed by atoms with Crippen LogP contribution in [0.2, 0.25) is 0 Å². The average Bonchev–Trinajstić information content (AvgIpc) is 3.16. The summed E-state index contributed by atoms with van der Waals surface area (Å²) in [7, 11) is 1.56. The number of amides is 1. The highest BCUT2D eigenvalue weighted by Crippen LogP contribution is 2.24. The first-order valence-electron chi connectivity index (χ1n) is 8.53. The van der Waals surface area contributed by atoms with Crippen LogP contribution in [0.25, 0.3) is 10.8 Å². The Balaban J connectivity index is 1.53. The highest BCUT2D eigenvalue weighted by molar-refractivity contribution is 6.08. The lowest BCUT2D eigenvalue weighted by Crippen LogP contribution is -2.29. The standard InChI is InChI=1S/C21H19N3O2/c1-26-19-9-5-4-8-18(19)21(25)22-20-12-13-24(23-20)17-11-10-15-6-2-3-7-16(15)14-17/h2-11,14H,12-13H2,1H3,(H,22,23,25). The second-order valence-electron chi connectivity index (χ2n) is 6.11. The first kappa shape index (κ1) is 16.1. The summed E-state index contributed by atoms with van der Waals surface area (Å²) < 4.78 is 5.25. The number of carbonyl (C=O) groups is 1. The number of nitrogens with one attached hydrogen (secondary N) is 1. The van der Waals surface area contributed by atoms with Crippen LogP contribution in [-0.2, 0) is 0 Å². The molecule has 0 atom stereocenters. The Morgan fingerprint density at radius 3 is 2.65 bits per heavy atom. The molecule has 130 valence electrons. The maximum atomic E-state index is 12.5. The largest absolute Gasteiger partial charge is 0.496 e. The Kier molecular flexibility index (Phi) is 4.27. The van der Waals surface area contributed by atoms with Crippen molar-refractivity contribution < 1.29 is 9.53 Å². The lowest BCUT2D eigenvalue weighted by Gasteiger charge is -2.14. The fourth-order valence-electron chi connectivity index (χ4n) is 3.10. The number of hydrogen-bond acceptors (Lipinski definition) is 4. The Hall–Kier alpha value is -3.34. The molecular formula is C21H19N3O2. The van der Waals surface area contributed by atoms with Gasteiger partial charge in [-0.1, -0.05) is 42.5 Å². The minimum atomic E-state index is -0.207. The summed E-state index contributed by atoms with van der Waals surface area (Å²) in [6.45, 7) is 0.736. The van der Waals surface area contributed by atoms with Crippen LogP contribution in [0.4, 0.5) is 5.69 Å². The fraction of sp³-hybridized carbons (Fsp3) is 0.143. The zero-order valence-electron chi connectivity index (χ0n) is 14.5. The van der Waals surface area contributed by atoms with E-state index in [9.17, 15) is 4.79 Å². The molecule has 0 saturated heterocycles. The molecule has 5 heteroatoms. The highest BCUT2D eigenvalue weighted by atomic mass is 16.5. The third-order valence-electron chi connectivity index (χ3n) is 4.44. The Morgan fingerprint density at radius 1 is 1.04 bits per heavy atom. The van der Waals surface area contributed by atoms with Crippen molar-refractivity contribution in [3.63, 3.8) is 0 Å². The molecule has 0 bridgehead atoms. The molecule has 0 aliphatic carbocycles. The van der Waals surface area contributed by atoms with E-state index in [1.54, 1.807) is 19.2 Å². The van der Waals surface area contributed by atoms with E-state index in [2.05, 4.69) is 40.8 Å². The Morgan fingerprint density at radius 2 is 1.81 bits per heavy atom. The molecule has 5 nitrogen and oxygen atoms in total. The van der Waals surface area contributed by atoms with Crippen molar-refractivity contribution in [3.8, 4) is 5.75 Å². The predicted octanol–water partition coefficient (Wildman–Crippen LogP) is 3.80. The zero-order valence-corrected chi connectivity index (χ0v) is 14.5. The molecule has 0 fully saturated rings. The van der Waals surface area contributed by atoms with Gasteiger partial charge in [0.1, 0.15) is 11.6 Å². The molecule has 4 rings (SSSR count). The number of ether oxygens (including phenoxy) is 1. The van der Waals surface area contributed by atoms with Gasteiger partial charge in [-0.05, 0) is 35.0 Å². The van der Waals surface area contributed by atoms with Gasteiger partial charge in [-0.2, -0.15) is 5.10 Å². The molecule has 0 radical (unpaired) electrons. The van der Waals surface area contributed by atoms with Gasteiger partial charge in [-0.15, -0.1) is 0 Å². The predicted molar refractivity (Wildman–Crippen MR) is 104 cm³/mol. The number of rotatable bonds is 3. The highest BCUT2D eigenvalue weighted by Gasteiger charge is 2.20. The maximum absolute atomic E-state index is 12.5. The molecule has 1 N–H and O–H groups in total. The van der Waals surface area contributed by atoms with Crippen LogP contribution in [0.3, 0.4) is 0 Å². The number of nitrogens with zero attached hydrogens (tertiary/aromatic N) is 2. The number of amidine groups is 1. The number of anilines is 1. The van der Waals surface area contributed by atoms with Gasteiger partial charge in [0.2, 0.25) is 0 Å². The smallest absolute Gasteiger partial charge is 0.260 e. The summed E-state index contributed by atoms with van der Waals surface area (Å²) in [6.07, 6.45) is 0.688. The molecular weight excluding hydrogens is 326 g/mol. The zero-order chi connectivity index (χ0) is 17.9. The van der Waals surface area contributed by atoms with Crippen molar-refractivity contribution in [2.45, 2.75) is 6.42 Å². The molecule has 1 heterocycles. The lowest BCUT2D eigenvalue weighted by molar-refractivity contribution is 0.0973. The van der Waals surface area contributed by atoms with Crippen molar-refractivity contribution in [3.05, 3.63) is 72.3 Å². The Bertz CT molecular complexity index is 997. The van der Waals surface area contributed by atoms with Crippen LogP contribution in [0.15, 0.2) is 71.8 Å². The average molecular weight is 345 g/mol. The number of carbonyl (C=O) groups excluding carboxylic acids is 1. The molecule has 1 aliphatic heterocycles. The number of methoxy groups -OCH3 is 1. The van der Waals surface area contributed by atoms with E-state index in [0.717, 1.165) is 12.2 Å². The summed E-state index contributed by atoms with van der Waals surface area (Å²) in [5.74, 6) is 1.01. The van der Waals surface area contributed by atoms with Crippen molar-refractivity contribution in [2.75, 3.05) is 18.7 Å². The quantitative estimate of drug-likeness (QED) is 0.785. The fourth-order valence-corrected chi connectivity index (χ4v) is 3.10. The topological polar surface area (TPSA) is 53.9 Å². The minimum Gasteiger partial charge on any atom is -0.496 e. The summed E-state index contributed by atoms with van der Waals surface area (Å²) >= 11 is 0. The third kappa shape index (κ3) is 3.11. The van der Waals surface area contributed by atoms with Gasteiger partial charge in [0.05, 0.1) is 18.4 Å². The monoisotopic (exact) mass is 345 g/mol. The molecule has 1 aliphatic rings. The van der Waals surface area contributed by atoms with E-state index in [4.69, 9.17) is 4.74 Å². The molecule has 3 aromatic carbocycles. The molecule has 26 heavy (non-hydrogen) atoms.